The van der Waals surface area contributed by atoms with E-state index in [-0.39, 0.29) is 17.3 Å². The molecule has 0 aliphatic heterocycles. The highest BCUT2D eigenvalue weighted by atomic mass is 16.2. The molecule has 0 aliphatic carbocycles. The minimum atomic E-state index is -0.553. The van der Waals surface area contributed by atoms with Gasteiger partial charge in [-0.05, 0) is 0 Å². The molecule has 7 nitrogen and oxygen atoms in total. The van der Waals surface area contributed by atoms with Crippen molar-refractivity contribution in [1.82, 2.24) is 14.6 Å². The van der Waals surface area contributed by atoms with E-state index in [2.05, 4.69) is 4.98 Å². The van der Waals surface area contributed by atoms with Crippen LogP contribution in [0.15, 0.2) is 6.33 Å². The predicted molar refractivity (Wildman–Crippen MR) is 49.4 cm³/mol. The number of anilines is 1. The van der Waals surface area contributed by atoms with Gasteiger partial charge in [0.25, 0.3) is 0 Å². The SMILES string of the molecule is CC(=O)c1ncn(C(=O)N(C)N)c1N. The molecular formula is C7H11N5O2. The fourth-order valence-corrected chi connectivity index (χ4v) is 0.952. The largest absolute Gasteiger partial charge is 0.383 e. The number of ketones is 1. The molecule has 1 amide bonds. The van der Waals surface area contributed by atoms with Crippen LogP contribution in [0.4, 0.5) is 10.6 Å². The molecular weight excluding hydrogens is 186 g/mol. The minimum absolute atomic E-state index is 0.000185. The van der Waals surface area contributed by atoms with Crippen molar-refractivity contribution in [3.63, 3.8) is 0 Å². The first-order valence-electron chi connectivity index (χ1n) is 3.81. The fourth-order valence-electron chi connectivity index (χ4n) is 0.952. The number of imidazole rings is 1. The maximum Gasteiger partial charge on any atom is 0.344 e. The van der Waals surface area contributed by atoms with Gasteiger partial charge in [-0.25, -0.2) is 20.2 Å². The van der Waals surface area contributed by atoms with Gasteiger partial charge in [-0.1, -0.05) is 0 Å². The summed E-state index contributed by atoms with van der Waals surface area (Å²) in [6, 6.07) is -0.553. The molecule has 0 aromatic carbocycles. The van der Waals surface area contributed by atoms with Gasteiger partial charge >= 0.3 is 6.03 Å². The molecule has 0 saturated heterocycles. The molecule has 0 unspecified atom stereocenters. The number of carbonyl (C=O) groups excluding carboxylic acids is 2. The standard InChI is InChI=1S/C7H11N5O2/c1-4(13)5-6(8)12(3-10-5)7(14)11(2)9/h3H,8-9H2,1-2H3. The Kier molecular flexibility index (Phi) is 2.52. The third-order valence-corrected chi connectivity index (χ3v) is 1.65. The Labute approximate surface area is 80.3 Å². The van der Waals surface area contributed by atoms with Crippen molar-refractivity contribution in [2.45, 2.75) is 6.92 Å². The van der Waals surface area contributed by atoms with E-state index < -0.39 is 6.03 Å². The van der Waals surface area contributed by atoms with Gasteiger partial charge in [-0.3, -0.25) is 9.80 Å². The molecule has 0 bridgehead atoms. The monoisotopic (exact) mass is 197 g/mol. The van der Waals surface area contributed by atoms with E-state index in [0.29, 0.717) is 0 Å². The summed E-state index contributed by atoms with van der Waals surface area (Å²) >= 11 is 0. The normalized spacial score (nSPS) is 9.93. The van der Waals surface area contributed by atoms with Crippen molar-refractivity contribution >= 4 is 17.6 Å². The second-order valence-corrected chi connectivity index (χ2v) is 2.80. The number of hydrazine groups is 1. The molecule has 0 saturated carbocycles. The zero-order valence-electron chi connectivity index (χ0n) is 7.89. The van der Waals surface area contributed by atoms with Crippen LogP contribution in [0, 0.1) is 0 Å². The van der Waals surface area contributed by atoms with Gasteiger partial charge in [0.2, 0.25) is 0 Å². The van der Waals surface area contributed by atoms with Gasteiger partial charge in [0, 0.05) is 14.0 Å². The molecule has 76 valence electrons. The number of rotatable bonds is 1. The predicted octanol–water partition coefficient (Wildman–Crippen LogP) is -0.558. The molecule has 0 radical (unpaired) electrons. The van der Waals surface area contributed by atoms with Crippen LogP contribution in [0.5, 0.6) is 0 Å². The molecule has 1 heterocycles. The number of Topliss-reactive ketones (excluding diaryl/α,β-unsaturated/α-hetero) is 1. The van der Waals surface area contributed by atoms with Crippen molar-refractivity contribution in [3.05, 3.63) is 12.0 Å². The minimum Gasteiger partial charge on any atom is -0.383 e. The molecule has 1 aromatic heterocycles. The fraction of sp³-hybridized carbons (Fsp3) is 0.286. The second-order valence-electron chi connectivity index (χ2n) is 2.80. The summed E-state index contributed by atoms with van der Waals surface area (Å²) in [5.74, 6) is 4.92. The summed E-state index contributed by atoms with van der Waals surface area (Å²) in [6.45, 7) is 1.32. The second kappa shape index (κ2) is 3.46. The molecule has 1 aromatic rings. The Morgan fingerprint density at radius 1 is 1.57 bits per heavy atom. The van der Waals surface area contributed by atoms with Gasteiger partial charge in [0.05, 0.1) is 0 Å². The van der Waals surface area contributed by atoms with Crippen molar-refractivity contribution in [2.75, 3.05) is 12.8 Å². The number of amides is 1. The Bertz CT molecular complexity index is 381. The van der Waals surface area contributed by atoms with Crippen molar-refractivity contribution in [2.24, 2.45) is 5.84 Å². The number of aromatic nitrogens is 2. The highest BCUT2D eigenvalue weighted by Crippen LogP contribution is 2.10. The number of nitrogen functional groups attached to an aromatic ring is 1. The van der Waals surface area contributed by atoms with Crippen LogP contribution < -0.4 is 11.6 Å². The third-order valence-electron chi connectivity index (χ3n) is 1.65. The summed E-state index contributed by atoms with van der Waals surface area (Å²) in [5.41, 5.74) is 5.59. The molecule has 14 heavy (non-hydrogen) atoms. The molecule has 0 atom stereocenters. The van der Waals surface area contributed by atoms with E-state index in [9.17, 15) is 9.59 Å². The lowest BCUT2D eigenvalue weighted by Gasteiger charge is -2.10. The first-order valence-corrected chi connectivity index (χ1v) is 3.81. The smallest absolute Gasteiger partial charge is 0.344 e. The number of nitrogens with zero attached hydrogens (tertiary/aromatic N) is 3. The van der Waals surface area contributed by atoms with E-state index in [0.717, 1.165) is 15.9 Å². The Balaban J connectivity index is 3.13. The van der Waals surface area contributed by atoms with Crippen LogP contribution in [-0.4, -0.2) is 33.4 Å². The van der Waals surface area contributed by atoms with E-state index >= 15 is 0 Å². The topological polar surface area (TPSA) is 107 Å². The molecule has 7 heteroatoms. The van der Waals surface area contributed by atoms with E-state index in [1.54, 1.807) is 0 Å². The number of hydrogen-bond donors (Lipinski definition) is 2. The average Bonchev–Trinajstić information content (AvgIpc) is 2.45. The van der Waals surface area contributed by atoms with Crippen molar-refractivity contribution in [1.29, 1.82) is 0 Å². The van der Waals surface area contributed by atoms with Gasteiger partial charge < -0.3 is 5.73 Å². The van der Waals surface area contributed by atoms with E-state index in [1.807, 2.05) is 0 Å². The molecule has 0 spiro atoms. The van der Waals surface area contributed by atoms with Crippen LogP contribution in [0.25, 0.3) is 0 Å². The van der Waals surface area contributed by atoms with Crippen molar-refractivity contribution in [3.8, 4) is 0 Å². The average molecular weight is 197 g/mol. The van der Waals surface area contributed by atoms with Gasteiger partial charge in [0.1, 0.15) is 17.8 Å². The zero-order valence-corrected chi connectivity index (χ0v) is 7.89. The lowest BCUT2D eigenvalue weighted by atomic mass is 10.3. The number of hydrogen-bond acceptors (Lipinski definition) is 5. The molecule has 4 N–H and O–H groups in total. The lowest BCUT2D eigenvalue weighted by molar-refractivity contribution is 0.101. The first-order chi connectivity index (χ1) is 6.45. The Hall–Kier alpha value is -1.89. The zero-order chi connectivity index (χ0) is 10.9. The first kappa shape index (κ1) is 10.2. The molecule has 0 aliphatic rings. The van der Waals surface area contributed by atoms with Gasteiger partial charge in [0.15, 0.2) is 5.78 Å². The maximum atomic E-state index is 11.3. The van der Waals surface area contributed by atoms with Crippen LogP contribution in [-0.2, 0) is 0 Å². The summed E-state index contributed by atoms with van der Waals surface area (Å²) in [5, 5.41) is 0.849. The lowest BCUT2D eigenvalue weighted by Crippen LogP contribution is -2.36. The van der Waals surface area contributed by atoms with E-state index in [4.69, 9.17) is 11.6 Å². The van der Waals surface area contributed by atoms with Crippen LogP contribution in [0.3, 0.4) is 0 Å². The summed E-state index contributed by atoms with van der Waals surface area (Å²) in [7, 11) is 1.37. The highest BCUT2D eigenvalue weighted by molar-refractivity contribution is 5.98. The summed E-state index contributed by atoms with van der Waals surface area (Å²) < 4.78 is 1.01. The maximum absolute atomic E-state index is 11.3. The highest BCUT2D eigenvalue weighted by Gasteiger charge is 2.17. The third kappa shape index (κ3) is 1.57. The summed E-state index contributed by atoms with van der Waals surface area (Å²) in [4.78, 5) is 26.0. The summed E-state index contributed by atoms with van der Waals surface area (Å²) in [6.07, 6.45) is 1.16. The number of nitrogens with two attached hydrogens (primary N) is 2. The van der Waals surface area contributed by atoms with Crippen LogP contribution in [0.1, 0.15) is 17.4 Å². The molecule has 0 fully saturated rings. The van der Waals surface area contributed by atoms with Crippen LogP contribution in [0.2, 0.25) is 0 Å². The Morgan fingerprint density at radius 3 is 2.50 bits per heavy atom. The van der Waals surface area contributed by atoms with Crippen LogP contribution >= 0.6 is 0 Å². The van der Waals surface area contributed by atoms with Gasteiger partial charge in [-0.15, -0.1) is 0 Å². The number of carbonyl (C=O) groups is 2. The van der Waals surface area contributed by atoms with Gasteiger partial charge in [-0.2, -0.15) is 0 Å². The molecule has 1 rings (SSSR count). The Morgan fingerprint density at radius 2 is 2.14 bits per heavy atom. The van der Waals surface area contributed by atoms with E-state index in [1.165, 1.54) is 14.0 Å². The van der Waals surface area contributed by atoms with Crippen molar-refractivity contribution < 1.29 is 9.59 Å². The quantitative estimate of drug-likeness (QED) is 0.271.